The van der Waals surface area contributed by atoms with Gasteiger partial charge in [0.1, 0.15) is 17.7 Å². The zero-order chi connectivity index (χ0) is 21.3. The molecule has 2 aliphatic rings. The number of nitrogens with one attached hydrogen (secondary N) is 1. The molecule has 2 fully saturated rings. The molecule has 3 atom stereocenters. The van der Waals surface area contributed by atoms with Gasteiger partial charge >= 0.3 is 0 Å². The summed E-state index contributed by atoms with van der Waals surface area (Å²) in [6.45, 7) is 3.06. The van der Waals surface area contributed by atoms with Gasteiger partial charge in [0.15, 0.2) is 0 Å². The molecule has 30 heavy (non-hydrogen) atoms. The minimum absolute atomic E-state index is 0.0320. The zero-order valence-electron chi connectivity index (χ0n) is 16.9. The summed E-state index contributed by atoms with van der Waals surface area (Å²) >= 11 is 0. The van der Waals surface area contributed by atoms with Crippen LogP contribution < -0.4 is 16.1 Å². The molecule has 0 bridgehead atoms. The van der Waals surface area contributed by atoms with Gasteiger partial charge in [0, 0.05) is 43.2 Å². The summed E-state index contributed by atoms with van der Waals surface area (Å²) in [4.78, 5) is 24.0. The summed E-state index contributed by atoms with van der Waals surface area (Å²) in [5.41, 5.74) is 9.52. The van der Waals surface area contributed by atoms with E-state index < -0.39 is 23.6 Å². The van der Waals surface area contributed by atoms with Crippen LogP contribution in [0.3, 0.4) is 0 Å². The fraction of sp³-hybridized carbons (Fsp3) is 0.455. The average molecular weight is 416 g/mol. The van der Waals surface area contributed by atoms with Gasteiger partial charge in [0.2, 0.25) is 0 Å². The highest BCUT2D eigenvalue weighted by atomic mass is 19.1. The molecule has 1 aliphatic heterocycles. The zero-order valence-corrected chi connectivity index (χ0v) is 16.9. The van der Waals surface area contributed by atoms with E-state index in [9.17, 15) is 13.6 Å². The third kappa shape index (κ3) is 4.44. The Morgan fingerprint density at radius 1 is 1.33 bits per heavy atom. The highest BCUT2D eigenvalue weighted by Gasteiger charge is 2.38. The molecule has 0 radical (unpaired) electrons. The standard InChI is InChI=1S/C22H26F2N4O2/c1-13(14-4-5-14)21(30-27-22(29)15-3-2-7-26-11-15)18-9-16(23)10-19(24)20(18)28-8-6-17(25)12-28/h2-3,7,9-11,13-14,17,21H,4-6,8,12,25H2,1H3,(H,27,29)/t13-,17-,21?/m0/s1. The maximum Gasteiger partial charge on any atom is 0.276 e. The van der Waals surface area contributed by atoms with E-state index in [1.54, 1.807) is 18.3 Å². The summed E-state index contributed by atoms with van der Waals surface area (Å²) in [5, 5.41) is 0. The number of pyridine rings is 1. The number of benzene rings is 1. The van der Waals surface area contributed by atoms with Crippen LogP contribution in [-0.4, -0.2) is 30.0 Å². The Balaban J connectivity index is 1.64. The number of hydrogen-bond acceptors (Lipinski definition) is 5. The Hall–Kier alpha value is -2.58. The first-order chi connectivity index (χ1) is 14.4. The smallest absolute Gasteiger partial charge is 0.276 e. The molecule has 4 rings (SSSR count). The predicted octanol–water partition coefficient (Wildman–Crippen LogP) is 3.35. The van der Waals surface area contributed by atoms with E-state index in [2.05, 4.69) is 10.5 Å². The van der Waals surface area contributed by atoms with E-state index in [4.69, 9.17) is 10.6 Å². The second kappa shape index (κ2) is 8.65. The SMILES string of the molecule is C[C@@H](C1CC1)C(ONC(=O)c1cccnc1)c1cc(F)cc(F)c1N1CC[C@H](N)C1. The summed E-state index contributed by atoms with van der Waals surface area (Å²) in [7, 11) is 0. The molecule has 160 valence electrons. The van der Waals surface area contributed by atoms with Crippen LogP contribution >= 0.6 is 0 Å². The van der Waals surface area contributed by atoms with Crippen molar-refractivity contribution in [3.8, 4) is 0 Å². The molecule has 1 amide bonds. The van der Waals surface area contributed by atoms with Gasteiger partial charge in [-0.2, -0.15) is 0 Å². The van der Waals surface area contributed by atoms with Crippen molar-refractivity contribution in [1.29, 1.82) is 0 Å². The molecular weight excluding hydrogens is 390 g/mol. The van der Waals surface area contributed by atoms with E-state index in [0.717, 1.165) is 25.3 Å². The molecule has 2 heterocycles. The number of hydrogen-bond donors (Lipinski definition) is 2. The van der Waals surface area contributed by atoms with E-state index in [0.29, 0.717) is 35.8 Å². The quantitative estimate of drug-likeness (QED) is 0.677. The topological polar surface area (TPSA) is 80.5 Å². The van der Waals surface area contributed by atoms with Crippen LogP contribution in [0.2, 0.25) is 0 Å². The van der Waals surface area contributed by atoms with Gasteiger partial charge in [-0.15, -0.1) is 0 Å². The second-order valence-electron chi connectivity index (χ2n) is 8.23. The molecule has 6 nitrogen and oxygen atoms in total. The van der Waals surface area contributed by atoms with Gasteiger partial charge in [0.05, 0.1) is 11.3 Å². The summed E-state index contributed by atoms with van der Waals surface area (Å²) < 4.78 is 29.2. The molecule has 1 aromatic carbocycles. The largest absolute Gasteiger partial charge is 0.367 e. The molecule has 2 aromatic rings. The predicted molar refractivity (Wildman–Crippen MR) is 109 cm³/mol. The third-order valence-electron chi connectivity index (χ3n) is 5.95. The lowest BCUT2D eigenvalue weighted by molar-refractivity contribution is -0.0465. The Labute approximate surface area is 174 Å². The molecule has 3 N–H and O–H groups in total. The van der Waals surface area contributed by atoms with Crippen LogP contribution in [-0.2, 0) is 4.84 Å². The normalized spacial score (nSPS) is 20.8. The minimum Gasteiger partial charge on any atom is -0.367 e. The first-order valence-electron chi connectivity index (χ1n) is 10.3. The molecule has 8 heteroatoms. The van der Waals surface area contributed by atoms with Crippen LogP contribution in [0.4, 0.5) is 14.5 Å². The highest BCUT2D eigenvalue weighted by molar-refractivity contribution is 5.93. The highest BCUT2D eigenvalue weighted by Crippen LogP contribution is 2.46. The first kappa shape index (κ1) is 20.7. The Kier molecular flexibility index (Phi) is 5.97. The molecule has 1 saturated carbocycles. The Morgan fingerprint density at radius 3 is 2.77 bits per heavy atom. The summed E-state index contributed by atoms with van der Waals surface area (Å²) in [6.07, 6.45) is 5.08. The number of amides is 1. The van der Waals surface area contributed by atoms with Crippen molar-refractivity contribution in [3.63, 3.8) is 0 Å². The van der Waals surface area contributed by atoms with Crippen molar-refractivity contribution < 1.29 is 18.4 Å². The summed E-state index contributed by atoms with van der Waals surface area (Å²) in [6, 6.07) is 5.39. The van der Waals surface area contributed by atoms with Crippen molar-refractivity contribution >= 4 is 11.6 Å². The van der Waals surface area contributed by atoms with Gasteiger partial charge in [-0.1, -0.05) is 6.92 Å². The first-order valence-corrected chi connectivity index (χ1v) is 10.3. The van der Waals surface area contributed by atoms with Crippen LogP contribution in [0.5, 0.6) is 0 Å². The van der Waals surface area contributed by atoms with Crippen molar-refractivity contribution in [1.82, 2.24) is 10.5 Å². The molecule has 0 spiro atoms. The number of anilines is 1. The Morgan fingerprint density at radius 2 is 2.13 bits per heavy atom. The number of carbonyl (C=O) groups is 1. The van der Waals surface area contributed by atoms with Crippen molar-refractivity contribution in [2.75, 3.05) is 18.0 Å². The molecular formula is C22H26F2N4O2. The average Bonchev–Trinajstić information content (AvgIpc) is 3.49. The maximum atomic E-state index is 14.9. The molecule has 1 unspecified atom stereocenters. The van der Waals surface area contributed by atoms with E-state index in [-0.39, 0.29) is 12.0 Å². The van der Waals surface area contributed by atoms with Gasteiger partial charge in [-0.05, 0) is 49.3 Å². The minimum atomic E-state index is -0.699. The van der Waals surface area contributed by atoms with Crippen LogP contribution in [0.15, 0.2) is 36.7 Å². The van der Waals surface area contributed by atoms with Gasteiger partial charge in [-0.25, -0.2) is 14.3 Å². The van der Waals surface area contributed by atoms with Crippen LogP contribution in [0, 0.1) is 23.5 Å². The van der Waals surface area contributed by atoms with Crippen molar-refractivity contribution in [3.05, 3.63) is 59.4 Å². The number of nitrogens with two attached hydrogens (primary N) is 1. The van der Waals surface area contributed by atoms with E-state index in [1.807, 2.05) is 11.8 Å². The van der Waals surface area contributed by atoms with Crippen molar-refractivity contribution in [2.24, 2.45) is 17.6 Å². The summed E-state index contributed by atoms with van der Waals surface area (Å²) in [5.74, 6) is -1.43. The monoisotopic (exact) mass is 416 g/mol. The number of rotatable bonds is 7. The molecule has 1 aromatic heterocycles. The lowest BCUT2D eigenvalue weighted by atomic mass is 9.91. The van der Waals surface area contributed by atoms with Crippen molar-refractivity contribution in [2.45, 2.75) is 38.3 Å². The van der Waals surface area contributed by atoms with Gasteiger partial charge in [-0.3, -0.25) is 14.6 Å². The maximum absolute atomic E-state index is 14.9. The van der Waals surface area contributed by atoms with Gasteiger partial charge < -0.3 is 10.6 Å². The second-order valence-corrected chi connectivity index (χ2v) is 8.23. The van der Waals surface area contributed by atoms with E-state index >= 15 is 0 Å². The number of halogens is 2. The number of carbonyl (C=O) groups excluding carboxylic acids is 1. The van der Waals surface area contributed by atoms with Crippen LogP contribution in [0.1, 0.15) is 48.2 Å². The lowest BCUT2D eigenvalue weighted by Gasteiger charge is -2.30. The fourth-order valence-electron chi connectivity index (χ4n) is 4.12. The van der Waals surface area contributed by atoms with E-state index in [1.165, 1.54) is 12.3 Å². The lowest BCUT2D eigenvalue weighted by Crippen LogP contribution is -2.32. The van der Waals surface area contributed by atoms with Crippen LogP contribution in [0.25, 0.3) is 0 Å². The Bertz CT molecular complexity index is 908. The molecule has 1 saturated heterocycles. The molecule has 1 aliphatic carbocycles. The number of aromatic nitrogens is 1. The number of nitrogens with zero attached hydrogens (tertiary/aromatic N) is 2. The van der Waals surface area contributed by atoms with Gasteiger partial charge in [0.25, 0.3) is 5.91 Å². The fourth-order valence-corrected chi connectivity index (χ4v) is 4.12. The number of hydroxylamine groups is 1. The third-order valence-corrected chi connectivity index (χ3v) is 5.95.